The monoisotopic (exact) mass is 191 g/mol. The highest BCUT2D eigenvalue weighted by atomic mass is 19.1. The zero-order valence-corrected chi connectivity index (χ0v) is 8.09. The first kappa shape index (κ1) is 8.42. The zero-order valence-electron chi connectivity index (χ0n) is 8.09. The van der Waals surface area contributed by atoms with E-state index < -0.39 is 0 Å². The van der Waals surface area contributed by atoms with Crippen LogP contribution in [0.1, 0.15) is 24.3 Å². The Morgan fingerprint density at radius 3 is 2.71 bits per heavy atom. The summed E-state index contributed by atoms with van der Waals surface area (Å²) in [5, 5.41) is 3.32. The maximum Gasteiger partial charge on any atom is 0.123 e. The molecule has 2 fully saturated rings. The van der Waals surface area contributed by atoms with Crippen LogP contribution in [0.2, 0.25) is 0 Å². The second-order valence-corrected chi connectivity index (χ2v) is 4.61. The molecule has 0 radical (unpaired) electrons. The van der Waals surface area contributed by atoms with Crippen LogP contribution < -0.4 is 5.32 Å². The van der Waals surface area contributed by atoms with Crippen molar-refractivity contribution in [3.8, 4) is 0 Å². The molecule has 3 rings (SSSR count). The van der Waals surface area contributed by atoms with Crippen molar-refractivity contribution in [1.82, 2.24) is 5.32 Å². The molecule has 2 heteroatoms. The summed E-state index contributed by atoms with van der Waals surface area (Å²) >= 11 is 0. The van der Waals surface area contributed by atoms with Gasteiger partial charge in [-0.3, -0.25) is 0 Å². The van der Waals surface area contributed by atoms with Gasteiger partial charge in [0.2, 0.25) is 0 Å². The van der Waals surface area contributed by atoms with E-state index in [9.17, 15) is 4.39 Å². The Morgan fingerprint density at radius 2 is 2.21 bits per heavy atom. The summed E-state index contributed by atoms with van der Waals surface area (Å²) in [6.07, 6.45) is 2.53. The normalized spacial score (nSPS) is 28.2. The summed E-state index contributed by atoms with van der Waals surface area (Å²) in [5.74, 6) is 0.497. The summed E-state index contributed by atoms with van der Waals surface area (Å²) in [7, 11) is 0. The van der Waals surface area contributed by atoms with E-state index in [4.69, 9.17) is 0 Å². The lowest BCUT2D eigenvalue weighted by molar-refractivity contribution is 0.0252. The molecule has 1 saturated carbocycles. The second-order valence-electron chi connectivity index (χ2n) is 4.61. The molecule has 1 spiro atoms. The Kier molecular flexibility index (Phi) is 1.68. The maximum atomic E-state index is 13.0. The molecule has 0 aromatic heterocycles. The number of hydrogen-bond acceptors (Lipinski definition) is 1. The van der Waals surface area contributed by atoms with Gasteiger partial charge in [0.1, 0.15) is 5.82 Å². The molecular weight excluding hydrogens is 177 g/mol. The van der Waals surface area contributed by atoms with E-state index in [1.807, 2.05) is 6.07 Å². The number of benzene rings is 1. The van der Waals surface area contributed by atoms with Crippen molar-refractivity contribution < 1.29 is 4.39 Å². The van der Waals surface area contributed by atoms with Crippen LogP contribution in [0, 0.1) is 11.2 Å². The van der Waals surface area contributed by atoms with Crippen molar-refractivity contribution in [1.29, 1.82) is 0 Å². The zero-order chi connectivity index (χ0) is 9.60. The summed E-state index contributed by atoms with van der Waals surface area (Å²) < 4.78 is 13.0. The molecule has 14 heavy (non-hydrogen) atoms. The Hall–Kier alpha value is -0.890. The minimum atomic E-state index is -0.100. The van der Waals surface area contributed by atoms with Gasteiger partial charge in [0.15, 0.2) is 0 Å². The maximum absolute atomic E-state index is 13.0. The van der Waals surface area contributed by atoms with Gasteiger partial charge in [0.25, 0.3) is 0 Å². The smallest absolute Gasteiger partial charge is 0.123 e. The topological polar surface area (TPSA) is 12.0 Å². The van der Waals surface area contributed by atoms with Crippen molar-refractivity contribution >= 4 is 0 Å². The summed E-state index contributed by atoms with van der Waals surface area (Å²) in [6, 6.07) is 7.10. The molecule has 2 aliphatic rings. The molecule has 0 bridgehead atoms. The Bertz CT molecular complexity index is 352. The summed E-state index contributed by atoms with van der Waals surface area (Å²) in [4.78, 5) is 0. The average molecular weight is 191 g/mol. The van der Waals surface area contributed by atoms with Gasteiger partial charge < -0.3 is 5.32 Å². The lowest BCUT2D eigenvalue weighted by Gasteiger charge is -2.56. The highest BCUT2D eigenvalue weighted by Crippen LogP contribution is 2.55. The Balaban J connectivity index is 1.89. The Morgan fingerprint density at radius 1 is 1.36 bits per heavy atom. The largest absolute Gasteiger partial charge is 0.315 e. The van der Waals surface area contributed by atoms with E-state index in [-0.39, 0.29) is 5.82 Å². The van der Waals surface area contributed by atoms with Crippen LogP contribution in [-0.2, 0) is 0 Å². The fraction of sp³-hybridized carbons (Fsp3) is 0.500. The number of rotatable bonds is 1. The van der Waals surface area contributed by atoms with Crippen LogP contribution in [0.25, 0.3) is 0 Å². The quantitative estimate of drug-likeness (QED) is 0.718. The molecule has 1 N–H and O–H groups in total. The van der Waals surface area contributed by atoms with Crippen LogP contribution >= 0.6 is 0 Å². The average Bonchev–Trinajstić information content (AvgIpc) is 1.99. The minimum absolute atomic E-state index is 0.100. The van der Waals surface area contributed by atoms with E-state index in [2.05, 4.69) is 11.4 Å². The molecule has 1 aliphatic carbocycles. The molecule has 1 atom stereocenters. The van der Waals surface area contributed by atoms with Crippen LogP contribution in [0.5, 0.6) is 0 Å². The van der Waals surface area contributed by atoms with Gasteiger partial charge in [-0.1, -0.05) is 12.1 Å². The molecule has 1 nitrogen and oxygen atoms in total. The predicted molar refractivity (Wildman–Crippen MR) is 53.7 cm³/mol. The molecule has 1 saturated heterocycles. The molecule has 1 aromatic carbocycles. The standard InChI is InChI=1S/C12H14FN/c13-10-3-1-2-9(6-10)11-4-5-12(11)7-14-8-12/h1-3,6,11,14H,4-5,7-8H2. The third kappa shape index (κ3) is 1.04. The van der Waals surface area contributed by atoms with Gasteiger partial charge >= 0.3 is 0 Å². The fourth-order valence-corrected chi connectivity index (χ4v) is 2.81. The van der Waals surface area contributed by atoms with Gasteiger partial charge in [0.05, 0.1) is 0 Å². The van der Waals surface area contributed by atoms with E-state index in [1.165, 1.54) is 24.5 Å². The van der Waals surface area contributed by atoms with Crippen molar-refractivity contribution in [2.75, 3.05) is 13.1 Å². The van der Waals surface area contributed by atoms with Crippen molar-refractivity contribution in [2.45, 2.75) is 18.8 Å². The lowest BCUT2D eigenvalue weighted by atomic mass is 9.54. The molecule has 1 unspecified atom stereocenters. The number of hydrogen-bond donors (Lipinski definition) is 1. The Labute approximate surface area is 83.3 Å². The number of halogens is 1. The van der Waals surface area contributed by atoms with E-state index in [0.29, 0.717) is 11.3 Å². The van der Waals surface area contributed by atoms with Crippen LogP contribution in [0.4, 0.5) is 4.39 Å². The van der Waals surface area contributed by atoms with Crippen molar-refractivity contribution in [2.24, 2.45) is 5.41 Å². The molecule has 0 amide bonds. The highest BCUT2D eigenvalue weighted by molar-refractivity contribution is 5.28. The van der Waals surface area contributed by atoms with E-state index >= 15 is 0 Å². The summed E-state index contributed by atoms with van der Waals surface area (Å²) in [5.41, 5.74) is 1.67. The molecular formula is C12H14FN. The third-order valence-corrected chi connectivity index (χ3v) is 3.88. The highest BCUT2D eigenvalue weighted by Gasteiger charge is 2.51. The summed E-state index contributed by atoms with van der Waals surface area (Å²) in [6.45, 7) is 2.24. The second kappa shape index (κ2) is 2.80. The van der Waals surface area contributed by atoms with Gasteiger partial charge in [0, 0.05) is 18.5 Å². The fourth-order valence-electron chi connectivity index (χ4n) is 2.81. The van der Waals surface area contributed by atoms with E-state index in [1.54, 1.807) is 6.07 Å². The van der Waals surface area contributed by atoms with Crippen LogP contribution in [-0.4, -0.2) is 13.1 Å². The van der Waals surface area contributed by atoms with Crippen molar-refractivity contribution in [3.05, 3.63) is 35.6 Å². The first-order chi connectivity index (χ1) is 6.80. The van der Waals surface area contributed by atoms with Gasteiger partial charge in [-0.25, -0.2) is 4.39 Å². The first-order valence-electron chi connectivity index (χ1n) is 5.26. The third-order valence-electron chi connectivity index (χ3n) is 3.88. The lowest BCUT2D eigenvalue weighted by Crippen LogP contribution is -2.61. The first-order valence-corrected chi connectivity index (χ1v) is 5.26. The molecule has 1 heterocycles. The minimum Gasteiger partial charge on any atom is -0.315 e. The molecule has 1 aromatic rings. The SMILES string of the molecule is Fc1cccc(C2CCC23CNC3)c1. The van der Waals surface area contributed by atoms with E-state index in [0.717, 1.165) is 13.1 Å². The molecule has 1 aliphatic heterocycles. The van der Waals surface area contributed by atoms with Gasteiger partial charge in [-0.15, -0.1) is 0 Å². The predicted octanol–water partition coefficient (Wildman–Crippen LogP) is 2.29. The number of nitrogens with one attached hydrogen (secondary N) is 1. The van der Waals surface area contributed by atoms with Gasteiger partial charge in [-0.2, -0.15) is 0 Å². The molecule has 74 valence electrons. The van der Waals surface area contributed by atoms with Crippen LogP contribution in [0.3, 0.4) is 0 Å². The van der Waals surface area contributed by atoms with Crippen LogP contribution in [0.15, 0.2) is 24.3 Å². The van der Waals surface area contributed by atoms with Crippen molar-refractivity contribution in [3.63, 3.8) is 0 Å². The van der Waals surface area contributed by atoms with Gasteiger partial charge in [-0.05, 0) is 36.5 Å².